The van der Waals surface area contributed by atoms with Crippen LogP contribution in [0, 0.1) is 25.2 Å². The quantitative estimate of drug-likeness (QED) is 0.880. The van der Waals surface area contributed by atoms with Crippen LogP contribution in [-0.2, 0) is 6.54 Å². The van der Waals surface area contributed by atoms with E-state index in [2.05, 4.69) is 37.3 Å². The standard InChI is InChI=1S/C17H13BrN4O/c1-9-10(2)15(20-8-12(9)6-19)17(23)22-13-4-3-11-7-21-16(18)14(11)5-13/h3-5,8H,7H2,1-2H3,(H,22,23). The van der Waals surface area contributed by atoms with E-state index in [1.165, 1.54) is 6.20 Å². The summed E-state index contributed by atoms with van der Waals surface area (Å²) < 4.78 is 0.798. The number of carbonyl (C=O) groups is 1. The van der Waals surface area contributed by atoms with Gasteiger partial charge in [-0.25, -0.2) is 4.98 Å². The summed E-state index contributed by atoms with van der Waals surface area (Å²) in [5, 5.41) is 11.9. The Bertz CT molecular complexity index is 896. The minimum Gasteiger partial charge on any atom is -0.321 e. The fourth-order valence-electron chi connectivity index (χ4n) is 2.46. The van der Waals surface area contributed by atoms with Crippen molar-refractivity contribution in [3.8, 4) is 6.07 Å². The number of aliphatic imine (C=N–C) groups is 1. The lowest BCUT2D eigenvalue weighted by molar-refractivity contribution is 0.102. The Morgan fingerprint density at radius 3 is 2.87 bits per heavy atom. The minimum atomic E-state index is -0.291. The molecule has 3 rings (SSSR count). The molecule has 0 radical (unpaired) electrons. The lowest BCUT2D eigenvalue weighted by atomic mass is 10.0. The van der Waals surface area contributed by atoms with Gasteiger partial charge in [0, 0.05) is 17.4 Å². The van der Waals surface area contributed by atoms with Gasteiger partial charge >= 0.3 is 0 Å². The Morgan fingerprint density at radius 2 is 2.13 bits per heavy atom. The summed E-state index contributed by atoms with van der Waals surface area (Å²) in [6.45, 7) is 4.26. The number of anilines is 1. The molecule has 2 heterocycles. The Kier molecular flexibility index (Phi) is 3.97. The van der Waals surface area contributed by atoms with Crippen molar-refractivity contribution in [2.24, 2.45) is 4.99 Å². The first-order valence-corrected chi connectivity index (χ1v) is 7.81. The van der Waals surface area contributed by atoms with Crippen LogP contribution in [0.25, 0.3) is 0 Å². The number of nitrogens with one attached hydrogen (secondary N) is 1. The number of amides is 1. The van der Waals surface area contributed by atoms with Crippen molar-refractivity contribution in [3.63, 3.8) is 0 Å². The van der Waals surface area contributed by atoms with Crippen molar-refractivity contribution in [3.05, 3.63) is 57.9 Å². The predicted octanol–water partition coefficient (Wildman–Crippen LogP) is 3.48. The average molecular weight is 369 g/mol. The van der Waals surface area contributed by atoms with Crippen LogP contribution in [0.5, 0.6) is 0 Å². The highest BCUT2D eigenvalue weighted by atomic mass is 79.9. The number of pyridine rings is 1. The number of halogens is 1. The molecule has 5 nitrogen and oxygen atoms in total. The van der Waals surface area contributed by atoms with Gasteiger partial charge < -0.3 is 5.32 Å². The minimum absolute atomic E-state index is 0.291. The molecule has 0 aliphatic carbocycles. The van der Waals surface area contributed by atoms with Crippen LogP contribution in [0.3, 0.4) is 0 Å². The second kappa shape index (κ2) is 5.94. The molecule has 114 valence electrons. The molecular formula is C17H13BrN4O. The molecule has 0 bridgehead atoms. The third-order valence-electron chi connectivity index (χ3n) is 3.96. The number of hydrogen-bond donors (Lipinski definition) is 1. The van der Waals surface area contributed by atoms with Gasteiger partial charge in [-0.1, -0.05) is 6.07 Å². The van der Waals surface area contributed by atoms with Gasteiger partial charge in [-0.05, 0) is 58.6 Å². The first kappa shape index (κ1) is 15.4. The highest BCUT2D eigenvalue weighted by Crippen LogP contribution is 2.25. The van der Waals surface area contributed by atoms with Gasteiger partial charge in [-0.15, -0.1) is 0 Å². The van der Waals surface area contributed by atoms with Crippen LogP contribution in [0.4, 0.5) is 5.69 Å². The Morgan fingerprint density at radius 1 is 1.35 bits per heavy atom. The summed E-state index contributed by atoms with van der Waals surface area (Å²) in [6.07, 6.45) is 1.43. The molecule has 1 aromatic heterocycles. The fourth-order valence-corrected chi connectivity index (χ4v) is 2.95. The van der Waals surface area contributed by atoms with Crippen molar-refractivity contribution >= 4 is 32.1 Å². The molecule has 1 aliphatic rings. The van der Waals surface area contributed by atoms with Crippen LogP contribution >= 0.6 is 15.9 Å². The van der Waals surface area contributed by atoms with Gasteiger partial charge in [0.05, 0.1) is 12.1 Å². The summed E-state index contributed by atoms with van der Waals surface area (Å²) >= 11 is 3.41. The molecule has 1 amide bonds. The lowest BCUT2D eigenvalue weighted by Crippen LogP contribution is -2.16. The maximum absolute atomic E-state index is 12.5. The van der Waals surface area contributed by atoms with Gasteiger partial charge in [0.2, 0.25) is 0 Å². The Balaban J connectivity index is 1.89. The molecule has 0 unspecified atom stereocenters. The Labute approximate surface area is 142 Å². The van der Waals surface area contributed by atoms with Gasteiger partial charge in [-0.3, -0.25) is 9.79 Å². The summed E-state index contributed by atoms with van der Waals surface area (Å²) in [4.78, 5) is 20.9. The fraction of sp³-hybridized carbons (Fsp3) is 0.176. The maximum atomic E-state index is 12.5. The van der Waals surface area contributed by atoms with E-state index in [4.69, 9.17) is 5.26 Å². The van der Waals surface area contributed by atoms with E-state index in [-0.39, 0.29) is 5.91 Å². The van der Waals surface area contributed by atoms with E-state index in [0.717, 1.165) is 21.3 Å². The molecule has 6 heteroatoms. The van der Waals surface area contributed by atoms with Crippen LogP contribution in [0.15, 0.2) is 29.4 Å². The molecular weight excluding hydrogens is 356 g/mol. The van der Waals surface area contributed by atoms with Crippen LogP contribution in [0.2, 0.25) is 0 Å². The van der Waals surface area contributed by atoms with Crippen molar-refractivity contribution in [2.45, 2.75) is 20.4 Å². The molecule has 1 aromatic carbocycles. The van der Waals surface area contributed by atoms with Crippen molar-refractivity contribution in [1.29, 1.82) is 5.26 Å². The molecule has 0 saturated heterocycles. The van der Waals surface area contributed by atoms with Crippen LogP contribution < -0.4 is 5.32 Å². The summed E-state index contributed by atoms with van der Waals surface area (Å²) in [6, 6.07) is 7.76. The Hall–Kier alpha value is -2.52. The molecule has 0 fully saturated rings. The highest BCUT2D eigenvalue weighted by Gasteiger charge is 2.17. The summed E-state index contributed by atoms with van der Waals surface area (Å²) in [7, 11) is 0. The van der Waals surface area contributed by atoms with E-state index >= 15 is 0 Å². The number of aromatic nitrogens is 1. The number of carbonyl (C=O) groups excluding carboxylic acids is 1. The summed E-state index contributed by atoms with van der Waals surface area (Å²) in [5.41, 5.74) is 5.10. The van der Waals surface area contributed by atoms with Crippen LogP contribution in [-0.4, -0.2) is 15.5 Å². The average Bonchev–Trinajstić information content (AvgIpc) is 2.91. The number of rotatable bonds is 2. The first-order valence-electron chi connectivity index (χ1n) is 7.02. The molecule has 2 aromatic rings. The molecule has 0 spiro atoms. The highest BCUT2D eigenvalue weighted by molar-refractivity contribution is 9.18. The van der Waals surface area contributed by atoms with Gasteiger partial charge in [0.1, 0.15) is 16.4 Å². The van der Waals surface area contributed by atoms with E-state index < -0.39 is 0 Å². The lowest BCUT2D eigenvalue weighted by Gasteiger charge is -2.10. The first-order chi connectivity index (χ1) is 11.0. The zero-order valence-electron chi connectivity index (χ0n) is 12.6. The topological polar surface area (TPSA) is 78.1 Å². The number of fused-ring (bicyclic) bond motifs is 1. The van der Waals surface area contributed by atoms with Gasteiger partial charge in [0.25, 0.3) is 5.91 Å². The summed E-state index contributed by atoms with van der Waals surface area (Å²) in [5.74, 6) is -0.291. The van der Waals surface area contributed by atoms with Gasteiger partial charge in [-0.2, -0.15) is 5.26 Å². The smallest absolute Gasteiger partial charge is 0.274 e. The van der Waals surface area contributed by atoms with Gasteiger partial charge in [0.15, 0.2) is 0 Å². The number of nitrogens with zero attached hydrogens (tertiary/aromatic N) is 3. The molecule has 1 N–H and O–H groups in total. The van der Waals surface area contributed by atoms with E-state index in [1.807, 2.05) is 25.1 Å². The number of benzene rings is 1. The third kappa shape index (κ3) is 2.76. The van der Waals surface area contributed by atoms with Crippen LogP contribution in [0.1, 0.15) is 38.3 Å². The van der Waals surface area contributed by atoms with E-state index in [1.54, 1.807) is 6.92 Å². The predicted molar refractivity (Wildman–Crippen MR) is 92.0 cm³/mol. The molecule has 0 atom stereocenters. The largest absolute Gasteiger partial charge is 0.321 e. The maximum Gasteiger partial charge on any atom is 0.274 e. The second-order valence-corrected chi connectivity index (χ2v) is 6.07. The zero-order valence-corrected chi connectivity index (χ0v) is 14.2. The van der Waals surface area contributed by atoms with E-state index in [0.29, 0.717) is 29.1 Å². The molecule has 23 heavy (non-hydrogen) atoms. The van der Waals surface area contributed by atoms with Crippen molar-refractivity contribution < 1.29 is 4.79 Å². The van der Waals surface area contributed by atoms with Crippen molar-refractivity contribution in [1.82, 2.24) is 4.98 Å². The van der Waals surface area contributed by atoms with Crippen molar-refractivity contribution in [2.75, 3.05) is 5.32 Å². The monoisotopic (exact) mass is 368 g/mol. The normalized spacial score (nSPS) is 12.3. The molecule has 1 aliphatic heterocycles. The number of hydrogen-bond acceptors (Lipinski definition) is 4. The molecule has 0 saturated carbocycles. The number of nitriles is 1. The second-order valence-electron chi connectivity index (χ2n) is 5.32. The van der Waals surface area contributed by atoms with E-state index in [9.17, 15) is 4.79 Å². The SMILES string of the molecule is Cc1c(C#N)cnc(C(=O)Nc2ccc3c(c2)C(Br)=NC3)c1C. The zero-order chi connectivity index (χ0) is 16.6. The third-order valence-corrected chi connectivity index (χ3v) is 4.64.